The van der Waals surface area contributed by atoms with Gasteiger partial charge in [0.2, 0.25) is 0 Å². The molecule has 1 aliphatic carbocycles. The molecule has 2 heteroatoms. The molecule has 49 heavy (non-hydrogen) atoms. The highest BCUT2D eigenvalue weighted by atomic mass is 16.3. The summed E-state index contributed by atoms with van der Waals surface area (Å²) in [4.78, 5) is 2.38. The molecule has 0 bridgehead atoms. The van der Waals surface area contributed by atoms with Gasteiger partial charge in [0.15, 0.2) is 0 Å². The zero-order chi connectivity index (χ0) is 32.4. The van der Waals surface area contributed by atoms with Crippen molar-refractivity contribution >= 4 is 49.8 Å². The maximum Gasteiger partial charge on any atom is 0.135 e. The fourth-order valence-corrected chi connectivity index (χ4v) is 8.26. The monoisotopic (exact) mass is 625 g/mol. The molecule has 9 aromatic rings. The van der Waals surface area contributed by atoms with E-state index < -0.39 is 5.41 Å². The second kappa shape index (κ2) is 10.8. The Hall–Kier alpha value is -6.38. The molecule has 230 valence electrons. The number of fused-ring (bicyclic) bond motifs is 8. The maximum atomic E-state index is 6.24. The van der Waals surface area contributed by atoms with Crippen molar-refractivity contribution in [3.8, 4) is 11.1 Å². The van der Waals surface area contributed by atoms with Gasteiger partial charge in [-0.15, -0.1) is 0 Å². The number of rotatable bonds is 5. The Morgan fingerprint density at radius 3 is 1.73 bits per heavy atom. The van der Waals surface area contributed by atoms with E-state index in [1.54, 1.807) is 0 Å². The molecule has 0 aliphatic heterocycles. The molecule has 10 rings (SSSR count). The molecule has 0 atom stereocenters. The molecule has 0 saturated heterocycles. The lowest BCUT2D eigenvalue weighted by molar-refractivity contribution is 0.669. The highest BCUT2D eigenvalue weighted by Crippen LogP contribution is 2.58. The van der Waals surface area contributed by atoms with Crippen LogP contribution in [0.3, 0.4) is 0 Å². The molecule has 0 fully saturated rings. The minimum Gasteiger partial charge on any atom is -0.456 e. The van der Waals surface area contributed by atoms with Gasteiger partial charge in [0.1, 0.15) is 11.2 Å². The Labute approximate surface area is 285 Å². The van der Waals surface area contributed by atoms with Gasteiger partial charge in [-0.2, -0.15) is 0 Å². The summed E-state index contributed by atoms with van der Waals surface area (Å²) in [7, 11) is 0. The van der Waals surface area contributed by atoms with Crippen molar-refractivity contribution in [3.63, 3.8) is 0 Å². The smallest absolute Gasteiger partial charge is 0.135 e. The van der Waals surface area contributed by atoms with E-state index in [1.807, 2.05) is 12.1 Å². The van der Waals surface area contributed by atoms with Crippen LogP contribution in [0.1, 0.15) is 22.3 Å². The predicted molar refractivity (Wildman–Crippen MR) is 203 cm³/mol. The Kier molecular flexibility index (Phi) is 6.13. The number of hydrogen-bond acceptors (Lipinski definition) is 2. The van der Waals surface area contributed by atoms with Gasteiger partial charge in [0.25, 0.3) is 0 Å². The van der Waals surface area contributed by atoms with Crippen molar-refractivity contribution in [2.75, 3.05) is 4.90 Å². The number of benzene rings is 8. The predicted octanol–water partition coefficient (Wildman–Crippen LogP) is 12.6. The van der Waals surface area contributed by atoms with Crippen LogP contribution in [0.2, 0.25) is 0 Å². The normalized spacial score (nSPS) is 13.1. The van der Waals surface area contributed by atoms with E-state index in [1.165, 1.54) is 44.2 Å². The van der Waals surface area contributed by atoms with Gasteiger partial charge in [-0.3, -0.25) is 0 Å². The fraction of sp³-hybridized carbons (Fsp3) is 0.0213. The van der Waals surface area contributed by atoms with Gasteiger partial charge in [0, 0.05) is 27.8 Å². The summed E-state index contributed by atoms with van der Waals surface area (Å²) in [5, 5.41) is 4.76. The molecule has 1 heterocycles. The van der Waals surface area contributed by atoms with Gasteiger partial charge in [0.05, 0.1) is 5.41 Å². The third kappa shape index (κ3) is 4.07. The van der Waals surface area contributed by atoms with Crippen LogP contribution in [0.15, 0.2) is 192 Å². The highest BCUT2D eigenvalue weighted by molar-refractivity contribution is 6.07. The van der Waals surface area contributed by atoms with Gasteiger partial charge < -0.3 is 9.32 Å². The van der Waals surface area contributed by atoms with Crippen molar-refractivity contribution in [1.82, 2.24) is 0 Å². The fourth-order valence-electron chi connectivity index (χ4n) is 8.26. The third-order valence-corrected chi connectivity index (χ3v) is 10.3. The van der Waals surface area contributed by atoms with E-state index in [2.05, 4.69) is 181 Å². The van der Waals surface area contributed by atoms with Crippen molar-refractivity contribution in [1.29, 1.82) is 0 Å². The lowest BCUT2D eigenvalue weighted by atomic mass is 9.67. The van der Waals surface area contributed by atoms with Crippen molar-refractivity contribution < 1.29 is 4.42 Å². The average molecular weight is 626 g/mol. The lowest BCUT2D eigenvalue weighted by Gasteiger charge is -2.35. The first-order valence-electron chi connectivity index (χ1n) is 16.9. The van der Waals surface area contributed by atoms with Crippen LogP contribution < -0.4 is 4.90 Å². The van der Waals surface area contributed by atoms with Crippen LogP contribution >= 0.6 is 0 Å². The minimum absolute atomic E-state index is 0.514. The summed E-state index contributed by atoms with van der Waals surface area (Å²) in [6.07, 6.45) is 0. The molecule has 0 radical (unpaired) electrons. The second-order valence-electron chi connectivity index (χ2n) is 12.9. The van der Waals surface area contributed by atoms with Crippen LogP contribution in [0, 0.1) is 0 Å². The zero-order valence-electron chi connectivity index (χ0n) is 26.8. The van der Waals surface area contributed by atoms with Crippen molar-refractivity contribution in [3.05, 3.63) is 210 Å². The quantitative estimate of drug-likeness (QED) is 0.189. The summed E-state index contributed by atoms with van der Waals surface area (Å²) in [5.41, 5.74) is 12.2. The summed E-state index contributed by atoms with van der Waals surface area (Å²) in [6, 6.07) is 68.1. The summed E-state index contributed by atoms with van der Waals surface area (Å²) in [5.74, 6) is 0. The lowest BCUT2D eigenvalue weighted by Crippen LogP contribution is -2.28. The molecular formula is C47H31NO. The van der Waals surface area contributed by atoms with Gasteiger partial charge in [-0.25, -0.2) is 0 Å². The number of para-hydroxylation sites is 2. The Morgan fingerprint density at radius 1 is 0.388 bits per heavy atom. The Bertz CT molecular complexity index is 2620. The molecule has 8 aromatic carbocycles. The number of hydrogen-bond donors (Lipinski definition) is 0. The zero-order valence-corrected chi connectivity index (χ0v) is 26.8. The van der Waals surface area contributed by atoms with Gasteiger partial charge in [-0.05, 0) is 92.7 Å². The number of nitrogens with zero attached hydrogens (tertiary/aromatic N) is 1. The van der Waals surface area contributed by atoms with E-state index in [0.29, 0.717) is 0 Å². The first kappa shape index (κ1) is 27.7. The standard InChI is InChI=1S/C47H31NO/c1-4-15-33(16-5-1)47(34-17-6-2-7-18-34)42-28-24-32-14-10-11-21-38(32)46(42)40-27-25-37(31-43(40)47)48(35-19-8-3-9-20-35)36-26-29-45-41(30-36)39-22-12-13-23-44(39)49-45/h1-31H. The molecule has 0 unspecified atom stereocenters. The van der Waals surface area contributed by atoms with Crippen molar-refractivity contribution in [2.24, 2.45) is 0 Å². The Morgan fingerprint density at radius 2 is 0.980 bits per heavy atom. The average Bonchev–Trinajstić information content (AvgIpc) is 3.70. The molecule has 0 spiro atoms. The summed E-state index contributed by atoms with van der Waals surface area (Å²) in [6.45, 7) is 0. The molecule has 1 aromatic heterocycles. The summed E-state index contributed by atoms with van der Waals surface area (Å²) < 4.78 is 6.24. The van der Waals surface area contributed by atoms with Crippen LogP contribution in [0.25, 0.3) is 43.8 Å². The third-order valence-electron chi connectivity index (χ3n) is 10.3. The van der Waals surface area contributed by atoms with E-state index in [-0.39, 0.29) is 0 Å². The largest absolute Gasteiger partial charge is 0.456 e. The highest BCUT2D eigenvalue weighted by Gasteiger charge is 2.47. The van der Waals surface area contributed by atoms with E-state index in [0.717, 1.165) is 39.0 Å². The van der Waals surface area contributed by atoms with Crippen LogP contribution in [0.5, 0.6) is 0 Å². The van der Waals surface area contributed by atoms with Gasteiger partial charge in [-0.1, -0.05) is 140 Å². The summed E-state index contributed by atoms with van der Waals surface area (Å²) >= 11 is 0. The SMILES string of the molecule is c1ccc(N(c2ccc3c(c2)C(c2ccccc2)(c2ccccc2)c2ccc4ccccc4c2-3)c2ccc3oc4ccccc4c3c2)cc1. The van der Waals surface area contributed by atoms with E-state index in [4.69, 9.17) is 4.42 Å². The molecule has 0 amide bonds. The van der Waals surface area contributed by atoms with E-state index >= 15 is 0 Å². The molecule has 0 N–H and O–H groups in total. The molecular weight excluding hydrogens is 595 g/mol. The minimum atomic E-state index is -0.514. The van der Waals surface area contributed by atoms with Crippen LogP contribution in [-0.2, 0) is 5.41 Å². The molecule has 2 nitrogen and oxygen atoms in total. The van der Waals surface area contributed by atoms with Gasteiger partial charge >= 0.3 is 0 Å². The number of furan rings is 1. The maximum absolute atomic E-state index is 6.24. The van der Waals surface area contributed by atoms with E-state index in [9.17, 15) is 0 Å². The molecule has 1 aliphatic rings. The van der Waals surface area contributed by atoms with Crippen LogP contribution in [-0.4, -0.2) is 0 Å². The topological polar surface area (TPSA) is 16.4 Å². The Balaban J connectivity index is 1.29. The van der Waals surface area contributed by atoms with Crippen molar-refractivity contribution in [2.45, 2.75) is 5.41 Å². The van der Waals surface area contributed by atoms with Crippen LogP contribution in [0.4, 0.5) is 17.1 Å². The first-order chi connectivity index (χ1) is 24.3. The second-order valence-corrected chi connectivity index (χ2v) is 12.9. The first-order valence-corrected chi connectivity index (χ1v) is 16.9. The number of anilines is 3. The molecule has 0 saturated carbocycles.